The fourth-order valence-corrected chi connectivity index (χ4v) is 3.45. The maximum absolute atomic E-state index is 12.9. The van der Waals surface area contributed by atoms with Gasteiger partial charge in [0.25, 0.3) is 5.91 Å². The van der Waals surface area contributed by atoms with Crippen LogP contribution in [-0.2, 0) is 4.79 Å². The molecule has 134 valence electrons. The van der Waals surface area contributed by atoms with Crippen LogP contribution < -0.4 is 5.32 Å². The van der Waals surface area contributed by atoms with E-state index in [4.69, 9.17) is 0 Å². The molecule has 25 heavy (non-hydrogen) atoms. The van der Waals surface area contributed by atoms with E-state index in [2.05, 4.69) is 26.2 Å². The highest BCUT2D eigenvalue weighted by Gasteiger charge is 2.29. The smallest absolute Gasteiger partial charge is 0.254 e. The average molecular weight is 424 g/mol. The minimum absolute atomic E-state index is 0.0352. The summed E-state index contributed by atoms with van der Waals surface area (Å²) in [6.07, 6.45) is 0. The van der Waals surface area contributed by atoms with Crippen LogP contribution in [0.5, 0.6) is 0 Å². The maximum Gasteiger partial charge on any atom is 0.254 e. The fraction of sp³-hybridized carbons (Fsp3) is 0.389. The molecule has 0 atom stereocenters. The summed E-state index contributed by atoms with van der Waals surface area (Å²) in [4.78, 5) is 32.3. The van der Waals surface area contributed by atoms with Gasteiger partial charge in [-0.05, 0) is 52.8 Å². The van der Waals surface area contributed by atoms with Crippen LogP contribution in [-0.4, -0.2) is 33.8 Å². The van der Waals surface area contributed by atoms with E-state index < -0.39 is 5.54 Å². The van der Waals surface area contributed by atoms with Gasteiger partial charge in [-0.1, -0.05) is 22.0 Å². The van der Waals surface area contributed by atoms with Gasteiger partial charge in [0.05, 0.1) is 5.69 Å². The molecule has 1 N–H and O–H groups in total. The normalized spacial score (nSPS) is 11.3. The molecule has 0 aliphatic carbocycles. The summed E-state index contributed by atoms with van der Waals surface area (Å²) in [6, 6.07) is 7.17. The minimum Gasteiger partial charge on any atom is -0.324 e. The monoisotopic (exact) mass is 423 g/mol. The maximum atomic E-state index is 12.9. The van der Waals surface area contributed by atoms with Gasteiger partial charge in [0.1, 0.15) is 6.54 Å². The Hall–Kier alpha value is -1.73. The van der Waals surface area contributed by atoms with E-state index in [9.17, 15) is 9.59 Å². The lowest BCUT2D eigenvalue weighted by Gasteiger charge is -2.35. The van der Waals surface area contributed by atoms with Crippen molar-refractivity contribution < 1.29 is 9.59 Å². The van der Waals surface area contributed by atoms with E-state index in [-0.39, 0.29) is 18.4 Å². The first-order valence-electron chi connectivity index (χ1n) is 7.89. The number of nitrogens with one attached hydrogen (secondary N) is 1. The van der Waals surface area contributed by atoms with Crippen LogP contribution in [0.3, 0.4) is 0 Å². The van der Waals surface area contributed by atoms with Crippen molar-refractivity contribution in [2.24, 2.45) is 0 Å². The number of aromatic nitrogens is 1. The van der Waals surface area contributed by atoms with Crippen LogP contribution in [0.25, 0.3) is 0 Å². The predicted octanol–water partition coefficient (Wildman–Crippen LogP) is 4.40. The van der Waals surface area contributed by atoms with E-state index in [0.29, 0.717) is 10.7 Å². The van der Waals surface area contributed by atoms with Crippen molar-refractivity contribution in [3.63, 3.8) is 0 Å². The average Bonchev–Trinajstić information content (AvgIpc) is 2.81. The molecule has 1 aromatic heterocycles. The molecule has 0 aliphatic rings. The Morgan fingerprint density at radius 3 is 2.48 bits per heavy atom. The van der Waals surface area contributed by atoms with Crippen molar-refractivity contribution in [1.29, 1.82) is 0 Å². The van der Waals surface area contributed by atoms with E-state index in [1.165, 1.54) is 11.3 Å². The van der Waals surface area contributed by atoms with Crippen molar-refractivity contribution in [3.8, 4) is 0 Å². The highest BCUT2D eigenvalue weighted by atomic mass is 79.9. The number of aryl methyl sites for hydroxylation is 2. The topological polar surface area (TPSA) is 62.3 Å². The number of amides is 2. The number of nitrogens with zero attached hydrogens (tertiary/aromatic N) is 2. The molecule has 1 heterocycles. The molecule has 0 bridgehead atoms. The largest absolute Gasteiger partial charge is 0.324 e. The summed E-state index contributed by atoms with van der Waals surface area (Å²) >= 11 is 4.81. The number of hydrogen-bond acceptors (Lipinski definition) is 4. The zero-order valence-corrected chi connectivity index (χ0v) is 17.4. The molecule has 0 fully saturated rings. The van der Waals surface area contributed by atoms with Crippen LogP contribution in [0.2, 0.25) is 0 Å². The van der Waals surface area contributed by atoms with Crippen molar-refractivity contribution in [2.45, 2.75) is 40.2 Å². The molecule has 2 amide bonds. The second-order valence-corrected chi connectivity index (χ2v) is 8.90. The minimum atomic E-state index is -0.495. The van der Waals surface area contributed by atoms with Crippen LogP contribution in [0.15, 0.2) is 28.7 Å². The molecule has 2 rings (SSSR count). The first-order chi connectivity index (χ1) is 11.6. The predicted molar refractivity (Wildman–Crippen MR) is 105 cm³/mol. The molecular weight excluding hydrogens is 402 g/mol. The summed E-state index contributed by atoms with van der Waals surface area (Å²) in [5.74, 6) is -0.442. The second-order valence-electron chi connectivity index (χ2n) is 6.78. The zero-order chi connectivity index (χ0) is 18.8. The third kappa shape index (κ3) is 5.12. The molecule has 5 nitrogen and oxygen atoms in total. The Morgan fingerprint density at radius 1 is 1.28 bits per heavy atom. The summed E-state index contributed by atoms with van der Waals surface area (Å²) in [5.41, 5.74) is 0.946. The van der Waals surface area contributed by atoms with Gasteiger partial charge in [-0.2, -0.15) is 0 Å². The Kier molecular flexibility index (Phi) is 6.00. The Balaban J connectivity index is 2.17. The van der Waals surface area contributed by atoms with Gasteiger partial charge in [0, 0.05) is 20.5 Å². The number of rotatable bonds is 4. The van der Waals surface area contributed by atoms with Gasteiger partial charge < -0.3 is 10.2 Å². The molecule has 7 heteroatoms. The zero-order valence-electron chi connectivity index (χ0n) is 15.0. The molecule has 1 aromatic carbocycles. The number of halogens is 1. The molecule has 0 radical (unpaired) electrons. The summed E-state index contributed by atoms with van der Waals surface area (Å²) in [7, 11) is 0. The van der Waals surface area contributed by atoms with Crippen LogP contribution in [0, 0.1) is 13.8 Å². The lowest BCUT2D eigenvalue weighted by atomic mass is 10.0. The lowest BCUT2D eigenvalue weighted by Crippen LogP contribution is -2.49. The summed E-state index contributed by atoms with van der Waals surface area (Å²) in [5, 5.41) is 3.35. The van der Waals surface area contributed by atoms with E-state index in [0.717, 1.165) is 15.0 Å². The number of carbonyl (C=O) groups excluding carboxylic acids is 2. The lowest BCUT2D eigenvalue weighted by molar-refractivity contribution is -0.117. The van der Waals surface area contributed by atoms with Crippen LogP contribution in [0.1, 0.15) is 41.7 Å². The first-order valence-corrected chi connectivity index (χ1v) is 9.50. The number of thiazole rings is 1. The van der Waals surface area contributed by atoms with Crippen LogP contribution >= 0.6 is 27.3 Å². The standard InChI is InChI=1S/C18H22BrN3O2S/c1-11-12(2)25-17(20-11)21-15(23)10-22(18(3,4)5)16(24)13-7-6-8-14(19)9-13/h6-9H,10H2,1-5H3,(H,20,21,23). The van der Waals surface area contributed by atoms with Crippen LogP contribution in [0.4, 0.5) is 5.13 Å². The number of benzene rings is 1. The molecule has 0 saturated carbocycles. The van der Waals surface area contributed by atoms with E-state index >= 15 is 0 Å². The first kappa shape index (κ1) is 19.6. The van der Waals surface area contributed by atoms with Gasteiger partial charge in [-0.15, -0.1) is 11.3 Å². The Labute approximate surface area is 160 Å². The highest BCUT2D eigenvalue weighted by Crippen LogP contribution is 2.22. The number of anilines is 1. The third-order valence-electron chi connectivity index (χ3n) is 3.70. The Morgan fingerprint density at radius 2 is 1.96 bits per heavy atom. The molecular formula is C18H22BrN3O2S. The Bertz CT molecular complexity index is 776. The van der Waals surface area contributed by atoms with Gasteiger partial charge in [0.2, 0.25) is 5.91 Å². The van der Waals surface area contributed by atoms with E-state index in [1.807, 2.05) is 40.7 Å². The molecule has 0 spiro atoms. The summed E-state index contributed by atoms with van der Waals surface area (Å²) in [6.45, 7) is 9.56. The highest BCUT2D eigenvalue weighted by molar-refractivity contribution is 9.10. The van der Waals surface area contributed by atoms with Gasteiger partial charge in [-0.3, -0.25) is 9.59 Å². The SMILES string of the molecule is Cc1nc(NC(=O)CN(C(=O)c2cccc(Br)c2)C(C)(C)C)sc1C. The van der Waals surface area contributed by atoms with Gasteiger partial charge in [0.15, 0.2) is 5.13 Å². The number of carbonyl (C=O) groups is 2. The molecule has 2 aromatic rings. The summed E-state index contributed by atoms with van der Waals surface area (Å²) < 4.78 is 0.824. The van der Waals surface area contributed by atoms with Crippen molar-refractivity contribution in [1.82, 2.24) is 9.88 Å². The second kappa shape index (κ2) is 7.66. The fourth-order valence-electron chi connectivity index (χ4n) is 2.22. The van der Waals surface area contributed by atoms with Gasteiger partial charge in [-0.25, -0.2) is 4.98 Å². The van der Waals surface area contributed by atoms with E-state index in [1.54, 1.807) is 23.1 Å². The molecule has 0 unspecified atom stereocenters. The van der Waals surface area contributed by atoms with Crippen molar-refractivity contribution in [2.75, 3.05) is 11.9 Å². The quantitative estimate of drug-likeness (QED) is 0.792. The van der Waals surface area contributed by atoms with Crippen molar-refractivity contribution in [3.05, 3.63) is 44.9 Å². The molecule has 0 aliphatic heterocycles. The number of hydrogen-bond donors (Lipinski definition) is 1. The molecule has 0 saturated heterocycles. The van der Waals surface area contributed by atoms with Crippen molar-refractivity contribution >= 4 is 44.2 Å². The third-order valence-corrected chi connectivity index (χ3v) is 5.18. The van der Waals surface area contributed by atoms with Gasteiger partial charge >= 0.3 is 0 Å².